The zero-order chi connectivity index (χ0) is 16.1. The van der Waals surface area contributed by atoms with E-state index < -0.39 is 5.60 Å². The SMILES string of the molecule is O=C(CC12C[C@@H]3C[C@@H](CC(O)(C3)C1)C2)OCc1ccc(Cl)cc1. The normalized spacial score (nSPS) is 37.8. The van der Waals surface area contributed by atoms with Crippen LogP contribution in [0.4, 0.5) is 0 Å². The van der Waals surface area contributed by atoms with Gasteiger partial charge in [-0.25, -0.2) is 0 Å². The molecule has 23 heavy (non-hydrogen) atoms. The number of hydrogen-bond donors (Lipinski definition) is 1. The monoisotopic (exact) mass is 334 g/mol. The molecule has 0 aromatic heterocycles. The van der Waals surface area contributed by atoms with Crippen molar-refractivity contribution in [1.82, 2.24) is 0 Å². The van der Waals surface area contributed by atoms with E-state index in [1.54, 1.807) is 12.1 Å². The molecule has 4 aliphatic carbocycles. The lowest BCUT2D eigenvalue weighted by atomic mass is 9.47. The van der Waals surface area contributed by atoms with Crippen LogP contribution < -0.4 is 0 Å². The molecule has 0 spiro atoms. The van der Waals surface area contributed by atoms with Crippen molar-refractivity contribution >= 4 is 17.6 Å². The molecule has 1 aromatic carbocycles. The first-order valence-corrected chi connectivity index (χ1v) is 8.94. The number of carbonyl (C=O) groups is 1. The maximum absolute atomic E-state index is 12.3. The summed E-state index contributed by atoms with van der Waals surface area (Å²) in [6, 6.07) is 7.37. The number of halogens is 1. The highest BCUT2D eigenvalue weighted by molar-refractivity contribution is 6.30. The van der Waals surface area contributed by atoms with Gasteiger partial charge >= 0.3 is 5.97 Å². The van der Waals surface area contributed by atoms with Gasteiger partial charge < -0.3 is 9.84 Å². The first kappa shape index (κ1) is 15.5. The number of esters is 1. The summed E-state index contributed by atoms with van der Waals surface area (Å²) in [6.45, 7) is 0.295. The van der Waals surface area contributed by atoms with Crippen molar-refractivity contribution in [3.8, 4) is 0 Å². The number of carbonyl (C=O) groups excluding carboxylic acids is 1. The zero-order valence-corrected chi connectivity index (χ0v) is 14.0. The minimum Gasteiger partial charge on any atom is -0.461 e. The van der Waals surface area contributed by atoms with Crippen molar-refractivity contribution in [3.05, 3.63) is 34.9 Å². The van der Waals surface area contributed by atoms with Crippen molar-refractivity contribution in [3.63, 3.8) is 0 Å². The Bertz CT molecular complexity index is 596. The smallest absolute Gasteiger partial charge is 0.306 e. The van der Waals surface area contributed by atoms with Crippen molar-refractivity contribution < 1.29 is 14.6 Å². The van der Waals surface area contributed by atoms with Gasteiger partial charge in [0.2, 0.25) is 0 Å². The van der Waals surface area contributed by atoms with Gasteiger partial charge in [0.1, 0.15) is 6.61 Å². The van der Waals surface area contributed by atoms with Gasteiger partial charge in [-0.1, -0.05) is 23.7 Å². The molecular formula is C19H23ClO3. The molecule has 0 amide bonds. The lowest BCUT2D eigenvalue weighted by Crippen LogP contribution is -2.56. The summed E-state index contributed by atoms with van der Waals surface area (Å²) < 4.78 is 5.48. The van der Waals surface area contributed by atoms with Crippen LogP contribution >= 0.6 is 11.6 Å². The number of hydrogen-bond acceptors (Lipinski definition) is 3. The lowest BCUT2D eigenvalue weighted by molar-refractivity contribution is -0.177. The van der Waals surface area contributed by atoms with Crippen LogP contribution in [0.3, 0.4) is 0 Å². The van der Waals surface area contributed by atoms with Gasteiger partial charge in [-0.3, -0.25) is 4.79 Å². The highest BCUT2D eigenvalue weighted by Crippen LogP contribution is 2.62. The minimum absolute atomic E-state index is 0.0179. The number of ether oxygens (including phenoxy) is 1. The Morgan fingerprint density at radius 2 is 1.83 bits per heavy atom. The Hall–Kier alpha value is -1.06. The predicted octanol–water partition coefficient (Wildman–Crippen LogP) is 4.10. The molecule has 4 bridgehead atoms. The summed E-state index contributed by atoms with van der Waals surface area (Å²) in [6.07, 6.45) is 6.52. The third kappa shape index (κ3) is 3.14. The summed E-state index contributed by atoms with van der Waals surface area (Å²) in [5, 5.41) is 11.4. The fourth-order valence-electron chi connectivity index (χ4n) is 5.71. The summed E-state index contributed by atoms with van der Waals surface area (Å²) in [4.78, 5) is 12.3. The number of benzene rings is 1. The van der Waals surface area contributed by atoms with E-state index in [2.05, 4.69) is 0 Å². The fourth-order valence-corrected chi connectivity index (χ4v) is 5.84. The molecular weight excluding hydrogens is 312 g/mol. The maximum Gasteiger partial charge on any atom is 0.306 e. The molecule has 5 rings (SSSR count). The van der Waals surface area contributed by atoms with E-state index in [-0.39, 0.29) is 11.4 Å². The topological polar surface area (TPSA) is 46.5 Å². The van der Waals surface area contributed by atoms with Crippen LogP contribution in [0.5, 0.6) is 0 Å². The van der Waals surface area contributed by atoms with Gasteiger partial charge in [-0.05, 0) is 73.5 Å². The van der Waals surface area contributed by atoms with E-state index in [4.69, 9.17) is 16.3 Å². The Kier molecular flexibility index (Phi) is 3.69. The van der Waals surface area contributed by atoms with E-state index in [1.165, 1.54) is 6.42 Å². The molecule has 3 nitrogen and oxygen atoms in total. The second-order valence-corrected chi connectivity index (χ2v) is 8.59. The number of aliphatic hydroxyl groups is 1. The van der Waals surface area contributed by atoms with E-state index >= 15 is 0 Å². The first-order chi connectivity index (χ1) is 10.9. The van der Waals surface area contributed by atoms with E-state index in [0.717, 1.165) is 37.7 Å². The van der Waals surface area contributed by atoms with Crippen molar-refractivity contribution in [2.75, 3.05) is 0 Å². The molecule has 4 atom stereocenters. The van der Waals surface area contributed by atoms with Crippen molar-refractivity contribution in [2.24, 2.45) is 17.3 Å². The molecule has 2 unspecified atom stereocenters. The van der Waals surface area contributed by atoms with Gasteiger partial charge in [0.05, 0.1) is 12.0 Å². The maximum atomic E-state index is 12.3. The van der Waals surface area contributed by atoms with Crippen LogP contribution in [0, 0.1) is 17.3 Å². The highest BCUT2D eigenvalue weighted by atomic mass is 35.5. The van der Waals surface area contributed by atoms with Crippen LogP contribution in [0.2, 0.25) is 5.02 Å². The van der Waals surface area contributed by atoms with Gasteiger partial charge in [-0.15, -0.1) is 0 Å². The van der Waals surface area contributed by atoms with Gasteiger partial charge in [0.25, 0.3) is 0 Å². The summed E-state index contributed by atoms with van der Waals surface area (Å²) in [5.74, 6) is 1.07. The third-order valence-electron chi connectivity index (χ3n) is 5.98. The van der Waals surface area contributed by atoms with Crippen molar-refractivity contribution in [2.45, 2.75) is 57.2 Å². The third-order valence-corrected chi connectivity index (χ3v) is 6.24. The molecule has 1 N–H and O–H groups in total. The molecule has 124 valence electrons. The van der Waals surface area contributed by atoms with E-state index in [1.807, 2.05) is 12.1 Å². The second kappa shape index (κ2) is 5.49. The van der Waals surface area contributed by atoms with Gasteiger partial charge in [0, 0.05) is 5.02 Å². The second-order valence-electron chi connectivity index (χ2n) is 8.15. The molecule has 4 fully saturated rings. The lowest BCUT2D eigenvalue weighted by Gasteiger charge is -2.60. The summed E-state index contributed by atoms with van der Waals surface area (Å²) in [7, 11) is 0. The van der Waals surface area contributed by atoms with Crippen LogP contribution in [0.15, 0.2) is 24.3 Å². The molecule has 0 saturated heterocycles. The largest absolute Gasteiger partial charge is 0.461 e. The van der Waals surface area contributed by atoms with Crippen LogP contribution in [-0.4, -0.2) is 16.7 Å². The van der Waals surface area contributed by atoms with Gasteiger partial charge in [-0.2, -0.15) is 0 Å². The molecule has 4 heteroatoms. The first-order valence-electron chi connectivity index (χ1n) is 8.56. The van der Waals surface area contributed by atoms with E-state index in [9.17, 15) is 9.90 Å². The Balaban J connectivity index is 1.38. The average molecular weight is 335 g/mol. The van der Waals surface area contributed by atoms with Crippen LogP contribution in [0.1, 0.15) is 50.5 Å². The molecule has 1 aromatic rings. The Morgan fingerprint density at radius 1 is 1.17 bits per heavy atom. The Labute approximate surface area is 142 Å². The molecule has 0 radical (unpaired) electrons. The highest BCUT2D eigenvalue weighted by Gasteiger charge is 2.57. The van der Waals surface area contributed by atoms with Crippen LogP contribution in [0.25, 0.3) is 0 Å². The molecule has 0 heterocycles. The van der Waals surface area contributed by atoms with E-state index in [0.29, 0.717) is 29.9 Å². The minimum atomic E-state index is -0.513. The predicted molar refractivity (Wildman–Crippen MR) is 87.9 cm³/mol. The average Bonchev–Trinajstić information content (AvgIpc) is 2.43. The van der Waals surface area contributed by atoms with Gasteiger partial charge in [0.15, 0.2) is 0 Å². The number of rotatable bonds is 4. The quantitative estimate of drug-likeness (QED) is 0.843. The van der Waals surface area contributed by atoms with Crippen LogP contribution in [-0.2, 0) is 16.1 Å². The zero-order valence-electron chi connectivity index (χ0n) is 13.3. The Morgan fingerprint density at radius 3 is 2.43 bits per heavy atom. The van der Waals surface area contributed by atoms with Crippen molar-refractivity contribution in [1.29, 1.82) is 0 Å². The fraction of sp³-hybridized carbons (Fsp3) is 0.632. The standard InChI is InChI=1S/C19H23ClO3/c20-16-3-1-13(2-4-16)11-23-17(21)10-18-6-14-5-15(7-18)9-19(22,8-14)12-18/h1-4,14-15,22H,5-12H2/t14-,15+,18?,19?. The molecule has 4 saturated carbocycles. The summed E-state index contributed by atoms with van der Waals surface area (Å²) in [5.41, 5.74) is 0.420. The molecule has 4 aliphatic rings. The molecule has 0 aliphatic heterocycles. The summed E-state index contributed by atoms with van der Waals surface area (Å²) >= 11 is 5.86.